The van der Waals surface area contributed by atoms with Crippen LogP contribution >= 0.6 is 0 Å². The molecule has 0 bridgehead atoms. The lowest BCUT2D eigenvalue weighted by molar-refractivity contribution is -0.119. The summed E-state index contributed by atoms with van der Waals surface area (Å²) in [6.07, 6.45) is 6.48. The van der Waals surface area contributed by atoms with Crippen LogP contribution in [0, 0.1) is 11.7 Å². The molecule has 0 aromatic carbocycles. The van der Waals surface area contributed by atoms with Crippen LogP contribution in [-0.2, 0) is 4.79 Å². The Bertz CT molecular complexity index is 864. The fraction of sp³-hybridized carbons (Fsp3) is 0.600. The minimum absolute atomic E-state index is 0.00615. The van der Waals surface area contributed by atoms with Crippen LogP contribution in [0.25, 0.3) is 0 Å². The number of nitrogens with zero attached hydrogens (tertiary/aromatic N) is 4. The summed E-state index contributed by atoms with van der Waals surface area (Å²) >= 11 is 0. The van der Waals surface area contributed by atoms with Gasteiger partial charge < -0.3 is 20.1 Å². The van der Waals surface area contributed by atoms with E-state index in [0.717, 1.165) is 31.9 Å². The molecular weight excluding hydrogens is 391 g/mol. The zero-order valence-corrected chi connectivity index (χ0v) is 17.8. The van der Waals surface area contributed by atoms with E-state index in [0.29, 0.717) is 24.1 Å². The summed E-state index contributed by atoms with van der Waals surface area (Å²) in [5.41, 5.74) is 0.583. The van der Waals surface area contributed by atoms with Crippen LogP contribution in [-0.4, -0.2) is 45.4 Å². The Labute approximate surface area is 175 Å². The van der Waals surface area contributed by atoms with E-state index in [9.17, 15) is 9.18 Å². The van der Waals surface area contributed by atoms with Gasteiger partial charge in [-0.05, 0) is 45.4 Å². The van der Waals surface area contributed by atoms with E-state index in [1.165, 1.54) is 14.0 Å². The highest BCUT2D eigenvalue weighted by atomic mass is 19.1. The second-order valence-electron chi connectivity index (χ2n) is 7.83. The normalized spacial score (nSPS) is 18.9. The second-order valence-corrected chi connectivity index (χ2v) is 7.83. The summed E-state index contributed by atoms with van der Waals surface area (Å²) in [5, 5.41) is 10.3. The number of hydrogen-bond acceptors (Lipinski definition) is 7. The molecule has 1 saturated carbocycles. The number of methoxy groups -OCH3 is 1. The summed E-state index contributed by atoms with van der Waals surface area (Å²) in [6, 6.07) is 0.371. The van der Waals surface area contributed by atoms with Gasteiger partial charge in [0.15, 0.2) is 0 Å². The molecule has 0 saturated heterocycles. The number of anilines is 2. The zero-order chi connectivity index (χ0) is 21.7. The average molecular weight is 420 g/mol. The monoisotopic (exact) mass is 420 g/mol. The molecule has 1 aliphatic carbocycles. The third kappa shape index (κ3) is 5.58. The van der Waals surface area contributed by atoms with Crippen LogP contribution in [0.2, 0.25) is 0 Å². The molecule has 0 atom stereocenters. The number of halogens is 1. The predicted molar refractivity (Wildman–Crippen MR) is 109 cm³/mol. The first kappa shape index (κ1) is 21.8. The number of aromatic nitrogens is 4. The van der Waals surface area contributed by atoms with Crippen LogP contribution in [0.5, 0.6) is 11.8 Å². The van der Waals surface area contributed by atoms with E-state index in [2.05, 4.69) is 25.7 Å². The number of nitrogens with one attached hydrogen (secondary N) is 2. The van der Waals surface area contributed by atoms with Gasteiger partial charge in [-0.25, -0.2) is 4.98 Å². The topological polar surface area (TPSA) is 103 Å². The summed E-state index contributed by atoms with van der Waals surface area (Å²) < 4.78 is 26.9. The van der Waals surface area contributed by atoms with Crippen LogP contribution in [0.15, 0.2) is 12.4 Å². The Morgan fingerprint density at radius 1 is 1.30 bits per heavy atom. The highest BCUT2D eigenvalue weighted by molar-refractivity contribution is 5.73. The first-order valence-corrected chi connectivity index (χ1v) is 10.2. The summed E-state index contributed by atoms with van der Waals surface area (Å²) in [5.74, 6) is 0.180. The van der Waals surface area contributed by atoms with Gasteiger partial charge in [-0.3, -0.25) is 9.48 Å². The molecule has 0 unspecified atom stereocenters. The molecule has 2 aromatic rings. The molecule has 164 valence electrons. The Hall–Kier alpha value is -2.91. The Balaban J connectivity index is 1.60. The highest BCUT2D eigenvalue weighted by Gasteiger charge is 2.23. The lowest BCUT2D eigenvalue weighted by Crippen LogP contribution is -2.37. The van der Waals surface area contributed by atoms with Crippen molar-refractivity contribution in [3.63, 3.8) is 0 Å². The van der Waals surface area contributed by atoms with Gasteiger partial charge in [0.2, 0.25) is 17.7 Å². The number of rotatable bonds is 8. The van der Waals surface area contributed by atoms with Crippen molar-refractivity contribution in [1.29, 1.82) is 0 Å². The van der Waals surface area contributed by atoms with Gasteiger partial charge in [0, 0.05) is 19.0 Å². The predicted octanol–water partition coefficient (Wildman–Crippen LogP) is 3.22. The minimum atomic E-state index is -0.614. The smallest absolute Gasteiger partial charge is 0.256 e. The molecule has 3 rings (SSSR count). The molecule has 2 heterocycles. The van der Waals surface area contributed by atoms with Gasteiger partial charge in [-0.2, -0.15) is 9.37 Å². The van der Waals surface area contributed by atoms with Crippen molar-refractivity contribution in [2.24, 2.45) is 5.92 Å². The third-order valence-corrected chi connectivity index (χ3v) is 5.09. The number of carbonyl (C=O) groups is 1. The van der Waals surface area contributed by atoms with Crippen molar-refractivity contribution in [1.82, 2.24) is 25.1 Å². The molecule has 2 aromatic heterocycles. The molecule has 1 fully saturated rings. The lowest BCUT2D eigenvalue weighted by atomic mass is 9.86. The Morgan fingerprint density at radius 3 is 2.67 bits per heavy atom. The van der Waals surface area contributed by atoms with Crippen molar-refractivity contribution in [2.75, 3.05) is 19.0 Å². The van der Waals surface area contributed by atoms with Crippen LogP contribution in [0.4, 0.5) is 16.0 Å². The molecular formula is C20H29FN6O3. The van der Waals surface area contributed by atoms with Gasteiger partial charge in [-0.15, -0.1) is 5.10 Å². The van der Waals surface area contributed by atoms with Gasteiger partial charge in [0.25, 0.3) is 11.8 Å². The average Bonchev–Trinajstić information content (AvgIpc) is 3.12. The summed E-state index contributed by atoms with van der Waals surface area (Å²) in [7, 11) is 1.53. The quantitative estimate of drug-likeness (QED) is 0.676. The second kappa shape index (κ2) is 9.73. The van der Waals surface area contributed by atoms with Crippen molar-refractivity contribution in [3.8, 4) is 11.8 Å². The first-order chi connectivity index (χ1) is 14.4. The van der Waals surface area contributed by atoms with E-state index in [4.69, 9.17) is 9.47 Å². The molecule has 9 nitrogen and oxygen atoms in total. The lowest BCUT2D eigenvalue weighted by Gasteiger charge is -2.28. The number of ether oxygens (including phenoxy) is 2. The van der Waals surface area contributed by atoms with Gasteiger partial charge >= 0.3 is 0 Å². The van der Waals surface area contributed by atoms with Crippen LogP contribution < -0.4 is 20.1 Å². The Morgan fingerprint density at radius 2 is 2.03 bits per heavy atom. The minimum Gasteiger partial charge on any atom is -0.478 e. The standard InChI is InChI=1S/C20H29FN6O3/c1-12(2)27-10-17(19(26-27)29-4)24-20-22-9-16(21)18(25-20)30-11-14-5-7-15(8-6-14)23-13(3)28/h9-10,12,14-15H,5-8,11H2,1-4H3,(H,23,28)(H,22,24,25)/t14-,15-. The van der Waals surface area contributed by atoms with Gasteiger partial charge in [-0.1, -0.05) is 0 Å². The van der Waals surface area contributed by atoms with E-state index < -0.39 is 5.82 Å². The molecule has 1 amide bonds. The van der Waals surface area contributed by atoms with Gasteiger partial charge in [0.05, 0.1) is 26.1 Å². The molecule has 0 aliphatic heterocycles. The number of hydrogen-bond donors (Lipinski definition) is 2. The van der Waals surface area contributed by atoms with Crippen molar-refractivity contribution in [3.05, 3.63) is 18.2 Å². The van der Waals surface area contributed by atoms with Crippen molar-refractivity contribution < 1.29 is 18.7 Å². The van der Waals surface area contributed by atoms with Gasteiger partial charge in [0.1, 0.15) is 5.69 Å². The van der Waals surface area contributed by atoms with E-state index in [-0.39, 0.29) is 29.8 Å². The molecule has 10 heteroatoms. The van der Waals surface area contributed by atoms with Crippen molar-refractivity contribution in [2.45, 2.75) is 58.5 Å². The molecule has 0 spiro atoms. The fourth-order valence-corrected chi connectivity index (χ4v) is 3.47. The van der Waals surface area contributed by atoms with E-state index >= 15 is 0 Å². The van der Waals surface area contributed by atoms with E-state index in [1.807, 2.05) is 13.8 Å². The zero-order valence-electron chi connectivity index (χ0n) is 17.8. The van der Waals surface area contributed by atoms with Crippen LogP contribution in [0.3, 0.4) is 0 Å². The molecule has 2 N–H and O–H groups in total. The third-order valence-electron chi connectivity index (χ3n) is 5.09. The Kier molecular flexibility index (Phi) is 7.07. The maximum atomic E-state index is 14.2. The molecule has 1 aliphatic rings. The molecule has 0 radical (unpaired) electrons. The first-order valence-electron chi connectivity index (χ1n) is 10.2. The highest BCUT2D eigenvalue weighted by Crippen LogP contribution is 2.28. The SMILES string of the molecule is COc1nn(C(C)C)cc1Nc1ncc(F)c(OC[C@H]2CC[C@H](NC(C)=O)CC2)n1. The summed E-state index contributed by atoms with van der Waals surface area (Å²) in [4.78, 5) is 19.3. The number of amides is 1. The number of carbonyl (C=O) groups excluding carboxylic acids is 1. The van der Waals surface area contributed by atoms with Crippen molar-refractivity contribution >= 4 is 17.5 Å². The maximum absolute atomic E-state index is 14.2. The van der Waals surface area contributed by atoms with E-state index in [1.54, 1.807) is 10.9 Å². The van der Waals surface area contributed by atoms with Crippen LogP contribution in [0.1, 0.15) is 52.5 Å². The largest absolute Gasteiger partial charge is 0.478 e. The maximum Gasteiger partial charge on any atom is 0.256 e. The fourth-order valence-electron chi connectivity index (χ4n) is 3.47. The molecule has 30 heavy (non-hydrogen) atoms. The summed E-state index contributed by atoms with van der Waals surface area (Å²) in [6.45, 7) is 5.90.